The number of benzene rings is 1. The Bertz CT molecular complexity index is 605. The molecular weight excluding hydrogens is 296 g/mol. The molecular formula is C17H22N2O4. The lowest BCUT2D eigenvalue weighted by atomic mass is 10.1. The standard InChI is InChI=1S/C17H22N2O4/c1-18-8-10-19(11-9-18)16(20)7-5-13-4-6-15(22-2)14(12-13)17(21)23-3/h4-7,12H,8-11H2,1-3H3. The van der Waals surface area contributed by atoms with Crippen LogP contribution in [0.2, 0.25) is 0 Å². The quantitative estimate of drug-likeness (QED) is 0.618. The summed E-state index contributed by atoms with van der Waals surface area (Å²) in [5, 5.41) is 0. The monoisotopic (exact) mass is 318 g/mol. The van der Waals surface area contributed by atoms with Gasteiger partial charge in [-0.1, -0.05) is 6.07 Å². The molecule has 1 heterocycles. The van der Waals surface area contributed by atoms with E-state index in [1.54, 1.807) is 24.3 Å². The van der Waals surface area contributed by atoms with Gasteiger partial charge in [0.15, 0.2) is 0 Å². The van der Waals surface area contributed by atoms with Crippen LogP contribution >= 0.6 is 0 Å². The Kier molecular flexibility index (Phi) is 5.76. The van der Waals surface area contributed by atoms with Crippen molar-refractivity contribution >= 4 is 18.0 Å². The minimum absolute atomic E-state index is 0.0199. The van der Waals surface area contributed by atoms with Gasteiger partial charge in [0.05, 0.1) is 14.2 Å². The lowest BCUT2D eigenvalue weighted by molar-refractivity contribution is -0.127. The van der Waals surface area contributed by atoms with Crippen molar-refractivity contribution < 1.29 is 19.1 Å². The third-order valence-corrected chi connectivity index (χ3v) is 3.86. The normalized spacial score (nSPS) is 15.7. The molecule has 1 fully saturated rings. The maximum Gasteiger partial charge on any atom is 0.341 e. The van der Waals surface area contributed by atoms with Crippen molar-refractivity contribution in [1.29, 1.82) is 0 Å². The number of hydrogen-bond donors (Lipinski definition) is 0. The van der Waals surface area contributed by atoms with Gasteiger partial charge in [-0.15, -0.1) is 0 Å². The molecule has 0 radical (unpaired) electrons. The molecule has 6 nitrogen and oxygen atoms in total. The number of rotatable bonds is 4. The highest BCUT2D eigenvalue weighted by atomic mass is 16.5. The van der Waals surface area contributed by atoms with Crippen molar-refractivity contribution in [1.82, 2.24) is 9.80 Å². The number of esters is 1. The van der Waals surface area contributed by atoms with Gasteiger partial charge in [0, 0.05) is 32.3 Å². The Balaban J connectivity index is 2.10. The van der Waals surface area contributed by atoms with E-state index in [0.29, 0.717) is 11.3 Å². The molecule has 1 aliphatic heterocycles. The fourth-order valence-corrected chi connectivity index (χ4v) is 2.40. The first-order valence-electron chi connectivity index (χ1n) is 7.47. The van der Waals surface area contributed by atoms with Crippen molar-refractivity contribution in [3.05, 3.63) is 35.4 Å². The molecule has 1 aromatic carbocycles. The number of nitrogens with zero attached hydrogens (tertiary/aromatic N) is 2. The summed E-state index contributed by atoms with van der Waals surface area (Å²) in [4.78, 5) is 28.0. The van der Waals surface area contributed by atoms with E-state index in [1.165, 1.54) is 20.3 Å². The van der Waals surface area contributed by atoms with Gasteiger partial charge in [-0.3, -0.25) is 4.79 Å². The maximum atomic E-state index is 12.2. The lowest BCUT2D eigenvalue weighted by Gasteiger charge is -2.31. The number of carbonyl (C=O) groups is 2. The minimum atomic E-state index is -0.470. The maximum absolute atomic E-state index is 12.2. The Labute approximate surface area is 136 Å². The number of likely N-dealkylation sites (N-methyl/N-ethyl adjacent to an activating group) is 1. The molecule has 124 valence electrons. The lowest BCUT2D eigenvalue weighted by Crippen LogP contribution is -2.46. The zero-order valence-corrected chi connectivity index (χ0v) is 13.7. The number of ether oxygens (including phenoxy) is 2. The van der Waals surface area contributed by atoms with Gasteiger partial charge in [0.1, 0.15) is 11.3 Å². The molecule has 0 spiro atoms. The number of methoxy groups -OCH3 is 2. The van der Waals surface area contributed by atoms with Gasteiger partial charge >= 0.3 is 5.97 Å². The smallest absolute Gasteiger partial charge is 0.341 e. The first-order valence-corrected chi connectivity index (χ1v) is 7.47. The zero-order chi connectivity index (χ0) is 16.8. The zero-order valence-electron chi connectivity index (χ0n) is 13.7. The third-order valence-electron chi connectivity index (χ3n) is 3.86. The van der Waals surface area contributed by atoms with Crippen LogP contribution in [-0.4, -0.2) is 69.1 Å². The van der Waals surface area contributed by atoms with E-state index in [2.05, 4.69) is 4.90 Å². The van der Waals surface area contributed by atoms with Crippen LogP contribution in [0.3, 0.4) is 0 Å². The second-order valence-corrected chi connectivity index (χ2v) is 5.41. The largest absolute Gasteiger partial charge is 0.496 e. The highest BCUT2D eigenvalue weighted by molar-refractivity contribution is 5.95. The molecule has 6 heteroatoms. The van der Waals surface area contributed by atoms with Crippen LogP contribution in [0.25, 0.3) is 6.08 Å². The van der Waals surface area contributed by atoms with Crippen LogP contribution in [0.15, 0.2) is 24.3 Å². The molecule has 1 aromatic rings. The van der Waals surface area contributed by atoms with Gasteiger partial charge < -0.3 is 19.3 Å². The molecule has 0 aliphatic carbocycles. The molecule has 0 unspecified atom stereocenters. The van der Waals surface area contributed by atoms with Crippen LogP contribution in [0.4, 0.5) is 0 Å². The predicted octanol–water partition coefficient (Wildman–Crippen LogP) is 1.27. The molecule has 1 aliphatic rings. The van der Waals surface area contributed by atoms with Crippen LogP contribution in [-0.2, 0) is 9.53 Å². The van der Waals surface area contributed by atoms with E-state index in [4.69, 9.17) is 9.47 Å². The average Bonchev–Trinajstić information content (AvgIpc) is 2.59. The van der Waals surface area contributed by atoms with Crippen molar-refractivity contribution in [3.8, 4) is 5.75 Å². The van der Waals surface area contributed by atoms with Crippen molar-refractivity contribution in [2.75, 3.05) is 47.4 Å². The van der Waals surface area contributed by atoms with Gasteiger partial charge in [-0.25, -0.2) is 4.79 Å². The minimum Gasteiger partial charge on any atom is -0.496 e. The topological polar surface area (TPSA) is 59.1 Å². The first-order chi connectivity index (χ1) is 11.0. The molecule has 0 N–H and O–H groups in total. The van der Waals surface area contributed by atoms with Gasteiger partial charge in [-0.2, -0.15) is 0 Å². The van der Waals surface area contributed by atoms with Crippen LogP contribution in [0.1, 0.15) is 15.9 Å². The molecule has 2 rings (SSSR count). The highest BCUT2D eigenvalue weighted by Gasteiger charge is 2.17. The van der Waals surface area contributed by atoms with E-state index in [0.717, 1.165) is 31.7 Å². The van der Waals surface area contributed by atoms with Crippen molar-refractivity contribution in [2.45, 2.75) is 0 Å². The number of amides is 1. The predicted molar refractivity (Wildman–Crippen MR) is 87.4 cm³/mol. The summed E-state index contributed by atoms with van der Waals surface area (Å²) in [5.41, 5.74) is 1.08. The van der Waals surface area contributed by atoms with Crippen LogP contribution in [0, 0.1) is 0 Å². The second-order valence-electron chi connectivity index (χ2n) is 5.41. The summed E-state index contributed by atoms with van der Waals surface area (Å²) in [7, 11) is 4.86. The fourth-order valence-electron chi connectivity index (χ4n) is 2.40. The fraction of sp³-hybridized carbons (Fsp3) is 0.412. The summed E-state index contributed by atoms with van der Waals surface area (Å²) in [5.74, 6) is -0.0459. The van der Waals surface area contributed by atoms with Crippen LogP contribution < -0.4 is 4.74 Å². The van der Waals surface area contributed by atoms with E-state index in [1.807, 2.05) is 11.9 Å². The second kappa shape index (κ2) is 7.78. The molecule has 0 atom stereocenters. The molecule has 0 aromatic heterocycles. The number of piperazine rings is 1. The van der Waals surface area contributed by atoms with E-state index in [9.17, 15) is 9.59 Å². The Morgan fingerprint density at radius 2 is 1.83 bits per heavy atom. The molecule has 0 saturated carbocycles. The van der Waals surface area contributed by atoms with Crippen molar-refractivity contribution in [2.24, 2.45) is 0 Å². The third kappa shape index (κ3) is 4.32. The number of hydrogen-bond acceptors (Lipinski definition) is 5. The van der Waals surface area contributed by atoms with Gasteiger partial charge in [0.2, 0.25) is 5.91 Å². The SMILES string of the molecule is COC(=O)c1cc(C=CC(=O)N2CCN(C)CC2)ccc1OC. The Hall–Kier alpha value is -2.34. The number of carbonyl (C=O) groups excluding carboxylic acids is 2. The summed E-state index contributed by atoms with van der Waals surface area (Å²) in [6.07, 6.45) is 3.24. The molecule has 23 heavy (non-hydrogen) atoms. The first kappa shape index (κ1) is 17.0. The van der Waals surface area contributed by atoms with Gasteiger partial charge in [0.25, 0.3) is 0 Å². The van der Waals surface area contributed by atoms with E-state index in [-0.39, 0.29) is 5.91 Å². The summed E-state index contributed by atoms with van der Waals surface area (Å²) >= 11 is 0. The molecule has 1 saturated heterocycles. The van der Waals surface area contributed by atoms with Gasteiger partial charge in [-0.05, 0) is 30.8 Å². The summed E-state index contributed by atoms with van der Waals surface area (Å²) in [6.45, 7) is 3.23. The Morgan fingerprint density at radius 1 is 1.13 bits per heavy atom. The molecule has 1 amide bonds. The average molecular weight is 318 g/mol. The van der Waals surface area contributed by atoms with E-state index < -0.39 is 5.97 Å². The molecule has 0 bridgehead atoms. The highest BCUT2D eigenvalue weighted by Crippen LogP contribution is 2.21. The summed E-state index contributed by atoms with van der Waals surface area (Å²) < 4.78 is 9.89. The van der Waals surface area contributed by atoms with Crippen molar-refractivity contribution in [3.63, 3.8) is 0 Å². The summed E-state index contributed by atoms with van der Waals surface area (Å²) in [6, 6.07) is 5.13. The Morgan fingerprint density at radius 3 is 2.43 bits per heavy atom. The van der Waals surface area contributed by atoms with E-state index >= 15 is 0 Å². The van der Waals surface area contributed by atoms with Crippen LogP contribution in [0.5, 0.6) is 5.75 Å².